The van der Waals surface area contributed by atoms with Gasteiger partial charge in [-0.3, -0.25) is 0 Å². The Morgan fingerprint density at radius 3 is 2.60 bits per heavy atom. The minimum absolute atomic E-state index is 0.114. The van der Waals surface area contributed by atoms with Gasteiger partial charge < -0.3 is 14.5 Å². The van der Waals surface area contributed by atoms with E-state index in [2.05, 4.69) is 11.4 Å². The van der Waals surface area contributed by atoms with Gasteiger partial charge in [-0.25, -0.2) is 4.39 Å². The monoisotopic (exact) mass is 340 g/mol. The van der Waals surface area contributed by atoms with Crippen molar-refractivity contribution in [3.8, 4) is 5.75 Å². The molecule has 3 rings (SSSR count). The van der Waals surface area contributed by atoms with Crippen LogP contribution in [0.3, 0.4) is 0 Å². The molecular formula is C21H23FNO2+. The van der Waals surface area contributed by atoms with Crippen LogP contribution in [0.4, 0.5) is 4.39 Å². The first-order valence-electron chi connectivity index (χ1n) is 8.51. The molecule has 130 valence electrons. The number of benzene rings is 2. The van der Waals surface area contributed by atoms with Crippen LogP contribution in [0.1, 0.15) is 29.2 Å². The molecule has 0 bridgehead atoms. The van der Waals surface area contributed by atoms with Crippen LogP contribution < -0.4 is 10.1 Å². The lowest BCUT2D eigenvalue weighted by Crippen LogP contribution is -2.82. The lowest BCUT2D eigenvalue weighted by molar-refractivity contribution is -0.671. The summed E-state index contributed by atoms with van der Waals surface area (Å²) < 4.78 is 24.9. The third-order valence-corrected chi connectivity index (χ3v) is 4.38. The molecule has 0 radical (unpaired) electrons. The van der Waals surface area contributed by atoms with E-state index in [1.807, 2.05) is 42.5 Å². The smallest absolute Gasteiger partial charge is 0.132 e. The van der Waals surface area contributed by atoms with Crippen molar-refractivity contribution in [1.82, 2.24) is 0 Å². The minimum atomic E-state index is -0.147. The molecule has 2 aromatic carbocycles. The molecule has 0 amide bonds. The molecule has 0 aliphatic rings. The third-order valence-electron chi connectivity index (χ3n) is 4.38. The van der Waals surface area contributed by atoms with Crippen molar-refractivity contribution in [2.24, 2.45) is 0 Å². The molecule has 25 heavy (non-hydrogen) atoms. The summed E-state index contributed by atoms with van der Waals surface area (Å²) in [6.45, 7) is 1.49. The summed E-state index contributed by atoms with van der Waals surface area (Å²) in [7, 11) is 1.68. The average molecular weight is 340 g/mol. The van der Waals surface area contributed by atoms with E-state index in [9.17, 15) is 4.39 Å². The zero-order valence-electron chi connectivity index (χ0n) is 14.3. The van der Waals surface area contributed by atoms with Crippen LogP contribution in [0.2, 0.25) is 0 Å². The van der Waals surface area contributed by atoms with Crippen molar-refractivity contribution in [3.05, 3.63) is 89.6 Å². The number of nitrogens with two attached hydrogens (primary N) is 1. The molecule has 3 aromatic rings. The molecule has 3 nitrogen and oxygen atoms in total. The van der Waals surface area contributed by atoms with Crippen molar-refractivity contribution >= 4 is 0 Å². The summed E-state index contributed by atoms with van der Waals surface area (Å²) in [5.74, 6) is 1.75. The van der Waals surface area contributed by atoms with Gasteiger partial charge in [0.25, 0.3) is 0 Å². The van der Waals surface area contributed by atoms with Gasteiger partial charge in [0.15, 0.2) is 0 Å². The topological polar surface area (TPSA) is 39.0 Å². The predicted molar refractivity (Wildman–Crippen MR) is 95.1 cm³/mol. The second kappa shape index (κ2) is 8.49. The Bertz CT molecular complexity index is 786. The first kappa shape index (κ1) is 17.2. The van der Waals surface area contributed by atoms with Gasteiger partial charge in [0, 0.05) is 17.5 Å². The fourth-order valence-corrected chi connectivity index (χ4v) is 3.10. The minimum Gasteiger partial charge on any atom is -0.496 e. The van der Waals surface area contributed by atoms with Crippen LogP contribution in [0.25, 0.3) is 0 Å². The Balaban J connectivity index is 1.68. The van der Waals surface area contributed by atoms with Crippen LogP contribution in [-0.2, 0) is 6.54 Å². The molecule has 0 saturated heterocycles. The van der Waals surface area contributed by atoms with Gasteiger partial charge in [0.05, 0.1) is 25.8 Å². The lowest BCUT2D eigenvalue weighted by atomic mass is 9.92. The molecule has 1 atom stereocenters. The quantitative estimate of drug-likeness (QED) is 0.635. The molecule has 1 aromatic heterocycles. The molecule has 1 heterocycles. The average Bonchev–Trinajstić information content (AvgIpc) is 3.17. The zero-order chi connectivity index (χ0) is 17.5. The maximum absolute atomic E-state index is 13.7. The number of para-hydroxylation sites is 1. The van der Waals surface area contributed by atoms with Gasteiger partial charge in [-0.2, -0.15) is 0 Å². The first-order chi connectivity index (χ1) is 12.3. The molecule has 0 saturated carbocycles. The van der Waals surface area contributed by atoms with Crippen molar-refractivity contribution in [1.29, 1.82) is 0 Å². The van der Waals surface area contributed by atoms with Crippen molar-refractivity contribution < 1.29 is 18.9 Å². The highest BCUT2D eigenvalue weighted by atomic mass is 19.1. The van der Waals surface area contributed by atoms with Gasteiger partial charge in [-0.15, -0.1) is 0 Å². The first-order valence-corrected chi connectivity index (χ1v) is 8.51. The zero-order valence-corrected chi connectivity index (χ0v) is 14.3. The van der Waals surface area contributed by atoms with Crippen molar-refractivity contribution in [2.45, 2.75) is 18.9 Å². The summed E-state index contributed by atoms with van der Waals surface area (Å²) in [6.07, 6.45) is 2.57. The van der Waals surface area contributed by atoms with Crippen molar-refractivity contribution in [3.63, 3.8) is 0 Å². The van der Waals surface area contributed by atoms with Gasteiger partial charge >= 0.3 is 0 Å². The van der Waals surface area contributed by atoms with E-state index >= 15 is 0 Å². The number of methoxy groups -OCH3 is 1. The Morgan fingerprint density at radius 2 is 1.84 bits per heavy atom. The highest BCUT2D eigenvalue weighted by molar-refractivity contribution is 5.39. The van der Waals surface area contributed by atoms with E-state index in [1.54, 1.807) is 19.4 Å². The highest BCUT2D eigenvalue weighted by Gasteiger charge is 2.21. The molecule has 0 fully saturated rings. The van der Waals surface area contributed by atoms with E-state index in [0.717, 1.165) is 35.6 Å². The van der Waals surface area contributed by atoms with E-state index in [-0.39, 0.29) is 11.7 Å². The lowest BCUT2D eigenvalue weighted by Gasteiger charge is -2.17. The normalized spacial score (nSPS) is 12.1. The summed E-state index contributed by atoms with van der Waals surface area (Å²) in [5.41, 5.74) is 1.84. The highest BCUT2D eigenvalue weighted by Crippen LogP contribution is 2.33. The second-order valence-electron chi connectivity index (χ2n) is 5.97. The molecular weight excluding hydrogens is 317 g/mol. The molecule has 0 aliphatic heterocycles. The number of quaternary nitrogens is 1. The summed E-state index contributed by atoms with van der Waals surface area (Å²) in [6, 6.07) is 18.8. The molecule has 4 heteroatoms. The van der Waals surface area contributed by atoms with E-state index in [4.69, 9.17) is 9.15 Å². The van der Waals surface area contributed by atoms with Gasteiger partial charge in [-0.1, -0.05) is 36.4 Å². The summed E-state index contributed by atoms with van der Waals surface area (Å²) in [5, 5.41) is 2.13. The Labute approximate surface area is 147 Å². The standard InChI is InChI=1S/C21H22FNO2/c1-24-20-10-5-3-8-17(20)18(21-11-6-14-25-21)12-13-23-15-16-7-2-4-9-19(16)22/h2-11,14,18,23H,12-13,15H2,1H3/p+1/t18-/m0/s1. The van der Waals surface area contributed by atoms with E-state index in [0.29, 0.717) is 6.54 Å². The molecule has 0 unspecified atom stereocenters. The van der Waals surface area contributed by atoms with Crippen LogP contribution in [0.15, 0.2) is 71.3 Å². The third kappa shape index (κ3) is 4.28. The SMILES string of the molecule is COc1ccccc1[C@H](CC[NH2+]Cc1ccccc1F)c1ccco1. The number of hydrogen-bond donors (Lipinski definition) is 1. The number of ether oxygens (including phenoxy) is 1. The molecule has 2 N–H and O–H groups in total. The predicted octanol–water partition coefficient (Wildman–Crippen LogP) is 3.71. The van der Waals surface area contributed by atoms with Crippen molar-refractivity contribution in [2.75, 3.05) is 13.7 Å². The number of hydrogen-bond acceptors (Lipinski definition) is 2. The van der Waals surface area contributed by atoms with Gasteiger partial charge in [-0.05, 0) is 24.3 Å². The maximum atomic E-state index is 13.7. The summed E-state index contributed by atoms with van der Waals surface area (Å²) in [4.78, 5) is 0. The molecule has 0 aliphatic carbocycles. The Morgan fingerprint density at radius 1 is 1.04 bits per heavy atom. The van der Waals surface area contributed by atoms with E-state index < -0.39 is 0 Å². The van der Waals surface area contributed by atoms with Crippen LogP contribution in [-0.4, -0.2) is 13.7 Å². The van der Waals surface area contributed by atoms with Crippen LogP contribution in [0.5, 0.6) is 5.75 Å². The maximum Gasteiger partial charge on any atom is 0.132 e. The van der Waals surface area contributed by atoms with Crippen LogP contribution >= 0.6 is 0 Å². The fourth-order valence-electron chi connectivity index (χ4n) is 3.10. The number of halogens is 1. The van der Waals surface area contributed by atoms with Gasteiger partial charge in [0.2, 0.25) is 0 Å². The largest absolute Gasteiger partial charge is 0.496 e. The number of rotatable bonds is 8. The van der Waals surface area contributed by atoms with Crippen LogP contribution in [0, 0.1) is 5.82 Å². The fraction of sp³-hybridized carbons (Fsp3) is 0.238. The second-order valence-corrected chi connectivity index (χ2v) is 5.97. The summed E-state index contributed by atoms with van der Waals surface area (Å²) >= 11 is 0. The van der Waals surface area contributed by atoms with Gasteiger partial charge in [0.1, 0.15) is 23.9 Å². The van der Waals surface area contributed by atoms with E-state index in [1.165, 1.54) is 6.07 Å². The Hall–Kier alpha value is -2.59. The number of furan rings is 1. The Kier molecular flexibility index (Phi) is 5.86. The molecule has 0 spiro atoms.